The highest BCUT2D eigenvalue weighted by atomic mass is 32.2. The Morgan fingerprint density at radius 3 is 2.61 bits per heavy atom. The number of hydrogen-bond donors (Lipinski definition) is 2. The van der Waals surface area contributed by atoms with Gasteiger partial charge in [0, 0.05) is 5.69 Å². The van der Waals surface area contributed by atoms with Crippen molar-refractivity contribution in [2.45, 2.75) is 11.8 Å². The number of aromatic amines is 1. The molecule has 5 rings (SSSR count). The van der Waals surface area contributed by atoms with Crippen LogP contribution in [0.15, 0.2) is 84.0 Å². The molecular weight excluding hydrogens is 410 g/mol. The Balaban J connectivity index is 1.18. The van der Waals surface area contributed by atoms with E-state index in [0.29, 0.717) is 17.5 Å². The van der Waals surface area contributed by atoms with Gasteiger partial charge in [0.25, 0.3) is 0 Å². The lowest BCUT2D eigenvalue weighted by molar-refractivity contribution is -0.113. The van der Waals surface area contributed by atoms with Gasteiger partial charge in [0.15, 0.2) is 5.16 Å². The van der Waals surface area contributed by atoms with Gasteiger partial charge in [0.2, 0.25) is 11.7 Å². The maximum absolute atomic E-state index is 12.4. The normalized spacial score (nSPS) is 11.1. The molecule has 1 amide bonds. The molecule has 5 aromatic rings. The van der Waals surface area contributed by atoms with Crippen LogP contribution >= 0.6 is 11.8 Å². The standard InChI is InChI=1S/C23H19N5O2S/c29-21(15-31-23-27-26-22-25-19-8-4-5-9-20(19)28(22)23)24-17-10-12-18(13-11-17)30-14-16-6-2-1-3-7-16/h1-13H,14-15H2,(H,24,29)(H,25,26). The molecule has 31 heavy (non-hydrogen) atoms. The van der Waals surface area contributed by atoms with Crippen LogP contribution < -0.4 is 10.1 Å². The van der Waals surface area contributed by atoms with Crippen LogP contribution in [0.5, 0.6) is 5.75 Å². The van der Waals surface area contributed by atoms with Crippen molar-refractivity contribution in [2.24, 2.45) is 0 Å². The third-order valence-corrected chi connectivity index (χ3v) is 5.66. The zero-order valence-corrected chi connectivity index (χ0v) is 17.3. The summed E-state index contributed by atoms with van der Waals surface area (Å²) in [6.07, 6.45) is 0. The zero-order chi connectivity index (χ0) is 21.0. The first-order valence-corrected chi connectivity index (χ1v) is 10.8. The van der Waals surface area contributed by atoms with E-state index in [0.717, 1.165) is 28.0 Å². The van der Waals surface area contributed by atoms with Crippen molar-refractivity contribution in [3.63, 3.8) is 0 Å². The average Bonchev–Trinajstić information content (AvgIpc) is 3.37. The lowest BCUT2D eigenvalue weighted by Crippen LogP contribution is -2.14. The Bertz CT molecular complexity index is 1330. The molecule has 0 aliphatic carbocycles. The number of nitrogens with zero attached hydrogens (tertiary/aromatic N) is 3. The quantitative estimate of drug-likeness (QED) is 0.372. The number of H-pyrrole nitrogens is 1. The van der Waals surface area contributed by atoms with E-state index >= 15 is 0 Å². The zero-order valence-electron chi connectivity index (χ0n) is 16.5. The molecule has 8 heteroatoms. The van der Waals surface area contributed by atoms with Gasteiger partial charge in [-0.2, -0.15) is 0 Å². The van der Waals surface area contributed by atoms with Crippen molar-refractivity contribution in [1.82, 2.24) is 19.6 Å². The highest BCUT2D eigenvalue weighted by molar-refractivity contribution is 7.99. The smallest absolute Gasteiger partial charge is 0.234 e. The summed E-state index contributed by atoms with van der Waals surface area (Å²) in [5, 5.41) is 10.8. The van der Waals surface area contributed by atoms with Crippen LogP contribution in [0.2, 0.25) is 0 Å². The number of thioether (sulfide) groups is 1. The van der Waals surface area contributed by atoms with Crippen LogP contribution in [0.3, 0.4) is 0 Å². The molecule has 2 aromatic heterocycles. The minimum absolute atomic E-state index is 0.108. The first-order valence-electron chi connectivity index (χ1n) is 9.77. The van der Waals surface area contributed by atoms with Crippen molar-refractivity contribution >= 4 is 40.2 Å². The van der Waals surface area contributed by atoms with Crippen molar-refractivity contribution in [3.05, 3.63) is 84.4 Å². The van der Waals surface area contributed by atoms with Gasteiger partial charge in [-0.15, -0.1) is 5.10 Å². The Hall–Kier alpha value is -3.78. The molecule has 0 aliphatic heterocycles. The number of ether oxygens (including phenoxy) is 1. The number of aromatic nitrogens is 4. The molecule has 0 atom stereocenters. The van der Waals surface area contributed by atoms with Crippen molar-refractivity contribution < 1.29 is 9.53 Å². The molecular formula is C23H19N5O2S. The number of benzene rings is 3. The number of anilines is 1. The molecule has 7 nitrogen and oxygen atoms in total. The largest absolute Gasteiger partial charge is 0.489 e. The molecule has 154 valence electrons. The van der Waals surface area contributed by atoms with E-state index in [1.165, 1.54) is 11.8 Å². The summed E-state index contributed by atoms with van der Waals surface area (Å²) in [7, 11) is 0. The topological polar surface area (TPSA) is 84.3 Å². The predicted molar refractivity (Wildman–Crippen MR) is 121 cm³/mol. The van der Waals surface area contributed by atoms with Gasteiger partial charge in [-0.05, 0) is 42.0 Å². The van der Waals surface area contributed by atoms with Gasteiger partial charge in [-0.3, -0.25) is 9.20 Å². The molecule has 3 aromatic carbocycles. The number of nitrogens with one attached hydrogen (secondary N) is 2. The monoisotopic (exact) mass is 429 g/mol. The maximum atomic E-state index is 12.4. The van der Waals surface area contributed by atoms with Gasteiger partial charge >= 0.3 is 0 Å². The number of para-hydroxylation sites is 2. The van der Waals surface area contributed by atoms with E-state index in [2.05, 4.69) is 20.5 Å². The molecule has 2 N–H and O–H groups in total. The minimum Gasteiger partial charge on any atom is -0.489 e. The van der Waals surface area contributed by atoms with E-state index in [1.807, 2.05) is 83.3 Å². The third-order valence-electron chi connectivity index (χ3n) is 4.72. The van der Waals surface area contributed by atoms with E-state index in [4.69, 9.17) is 4.74 Å². The Labute approximate surface area is 182 Å². The summed E-state index contributed by atoms with van der Waals surface area (Å²) in [5.41, 5.74) is 3.67. The van der Waals surface area contributed by atoms with Gasteiger partial charge in [0.05, 0.1) is 16.8 Å². The van der Waals surface area contributed by atoms with Gasteiger partial charge < -0.3 is 10.1 Å². The summed E-state index contributed by atoms with van der Waals surface area (Å²) < 4.78 is 7.70. The molecule has 0 saturated carbocycles. The van der Waals surface area contributed by atoms with Crippen molar-refractivity contribution in [2.75, 3.05) is 11.1 Å². The molecule has 0 unspecified atom stereocenters. The summed E-state index contributed by atoms with van der Waals surface area (Å²) in [4.78, 5) is 16.9. The third kappa shape index (κ3) is 4.24. The molecule has 2 heterocycles. The number of carbonyl (C=O) groups excluding carboxylic acids is 1. The average molecular weight is 430 g/mol. The fourth-order valence-corrected chi connectivity index (χ4v) is 4.00. The molecule has 0 fully saturated rings. The van der Waals surface area contributed by atoms with Gasteiger partial charge in [0.1, 0.15) is 12.4 Å². The summed E-state index contributed by atoms with van der Waals surface area (Å²) in [6.45, 7) is 0.504. The van der Waals surface area contributed by atoms with Crippen LogP contribution in [-0.2, 0) is 11.4 Å². The second-order valence-electron chi connectivity index (χ2n) is 6.90. The number of imidazole rings is 1. The van der Waals surface area contributed by atoms with E-state index in [1.54, 1.807) is 0 Å². The van der Waals surface area contributed by atoms with E-state index < -0.39 is 0 Å². The molecule has 0 radical (unpaired) electrons. The van der Waals surface area contributed by atoms with Crippen LogP contribution in [0.1, 0.15) is 5.56 Å². The highest BCUT2D eigenvalue weighted by Gasteiger charge is 2.13. The molecule has 0 bridgehead atoms. The van der Waals surface area contributed by atoms with Crippen LogP contribution in [-0.4, -0.2) is 31.2 Å². The fourth-order valence-electron chi connectivity index (χ4n) is 3.24. The lowest BCUT2D eigenvalue weighted by Gasteiger charge is -2.08. The summed E-state index contributed by atoms with van der Waals surface area (Å²) >= 11 is 1.36. The van der Waals surface area contributed by atoms with E-state index in [9.17, 15) is 4.79 Å². The van der Waals surface area contributed by atoms with Crippen LogP contribution in [0.25, 0.3) is 16.8 Å². The minimum atomic E-state index is -0.108. The second-order valence-corrected chi connectivity index (χ2v) is 7.84. The Kier molecular flexibility index (Phi) is 5.28. The number of rotatable bonds is 7. The Morgan fingerprint density at radius 1 is 1.00 bits per heavy atom. The molecule has 0 spiro atoms. The highest BCUT2D eigenvalue weighted by Crippen LogP contribution is 2.23. The molecule has 0 saturated heterocycles. The lowest BCUT2D eigenvalue weighted by atomic mass is 10.2. The summed E-state index contributed by atoms with van der Waals surface area (Å²) in [5.74, 6) is 1.54. The van der Waals surface area contributed by atoms with E-state index in [-0.39, 0.29) is 11.7 Å². The number of carbonyl (C=O) groups is 1. The number of amides is 1. The predicted octanol–water partition coefficient (Wildman–Crippen LogP) is 4.52. The van der Waals surface area contributed by atoms with Gasteiger partial charge in [-0.1, -0.05) is 54.2 Å². The summed E-state index contributed by atoms with van der Waals surface area (Å²) in [6, 6.07) is 25.2. The van der Waals surface area contributed by atoms with Gasteiger partial charge in [-0.25, -0.2) is 10.1 Å². The first-order chi connectivity index (χ1) is 15.3. The maximum Gasteiger partial charge on any atom is 0.234 e. The fraction of sp³-hybridized carbons (Fsp3) is 0.0870. The number of fused-ring (bicyclic) bond motifs is 3. The first kappa shape index (κ1) is 19.2. The Morgan fingerprint density at radius 2 is 1.77 bits per heavy atom. The SMILES string of the molecule is O=C(CSc1n[nH]c2nc3ccccc3n12)Nc1ccc(OCc2ccccc2)cc1. The molecule has 0 aliphatic rings. The second kappa shape index (κ2) is 8.53. The van der Waals surface area contributed by atoms with Crippen molar-refractivity contribution in [1.29, 1.82) is 0 Å². The van der Waals surface area contributed by atoms with Crippen molar-refractivity contribution in [3.8, 4) is 5.75 Å². The van der Waals surface area contributed by atoms with Crippen LogP contribution in [0.4, 0.5) is 5.69 Å². The number of hydrogen-bond acceptors (Lipinski definition) is 5. The van der Waals surface area contributed by atoms with Crippen LogP contribution in [0, 0.1) is 0 Å².